The van der Waals surface area contributed by atoms with Crippen LogP contribution in [-0.2, 0) is 5.41 Å². The Kier molecular flexibility index (Phi) is 7.11. The summed E-state index contributed by atoms with van der Waals surface area (Å²) in [6, 6.07) is 76.9. The van der Waals surface area contributed by atoms with Gasteiger partial charge in [0.25, 0.3) is 0 Å². The van der Waals surface area contributed by atoms with Crippen LogP contribution in [0.15, 0.2) is 212 Å². The largest absolute Gasteiger partial charge is 0.457 e. The fourth-order valence-electron chi connectivity index (χ4n) is 9.25. The van der Waals surface area contributed by atoms with Crippen molar-refractivity contribution in [2.45, 2.75) is 5.41 Å². The Bertz CT molecular complexity index is 2850. The molecule has 1 heterocycles. The summed E-state index contributed by atoms with van der Waals surface area (Å²) in [6.07, 6.45) is 0. The molecule has 0 fully saturated rings. The third kappa shape index (κ3) is 4.68. The van der Waals surface area contributed by atoms with Crippen LogP contribution in [0, 0.1) is 0 Å². The molecular formula is C53H35NO. The van der Waals surface area contributed by atoms with E-state index >= 15 is 0 Å². The van der Waals surface area contributed by atoms with Gasteiger partial charge in [-0.3, -0.25) is 0 Å². The Hall–Kier alpha value is -7.16. The molecule has 55 heavy (non-hydrogen) atoms. The summed E-state index contributed by atoms with van der Waals surface area (Å²) >= 11 is 0. The number of nitrogens with zero attached hydrogens (tertiary/aromatic N) is 1. The molecule has 258 valence electrons. The minimum absolute atomic E-state index is 0.599. The highest BCUT2D eigenvalue weighted by molar-refractivity contribution is 6.09. The molecule has 0 saturated heterocycles. The van der Waals surface area contributed by atoms with Crippen LogP contribution >= 0.6 is 0 Å². The van der Waals surface area contributed by atoms with Crippen molar-refractivity contribution in [2.24, 2.45) is 0 Å². The highest BCUT2D eigenvalue weighted by atomic mass is 16.5. The first-order valence-corrected chi connectivity index (χ1v) is 18.9. The van der Waals surface area contributed by atoms with Crippen molar-refractivity contribution in [1.82, 2.24) is 0 Å². The molecular weight excluding hydrogens is 667 g/mol. The number of hydrogen-bond acceptors (Lipinski definition) is 2. The molecule has 0 bridgehead atoms. The molecule has 0 atom stereocenters. The number of hydrogen-bond donors (Lipinski definition) is 0. The Balaban J connectivity index is 1.26. The normalized spacial score (nSPS) is 13.0. The highest BCUT2D eigenvalue weighted by Gasteiger charge is 2.52. The summed E-state index contributed by atoms with van der Waals surface area (Å²) < 4.78 is 6.70. The van der Waals surface area contributed by atoms with Crippen molar-refractivity contribution in [3.05, 3.63) is 235 Å². The van der Waals surface area contributed by atoms with Crippen molar-refractivity contribution in [3.8, 4) is 44.9 Å². The van der Waals surface area contributed by atoms with Crippen LogP contribution in [0.1, 0.15) is 22.3 Å². The average molecular weight is 702 g/mol. The average Bonchev–Trinajstić information content (AvgIpc) is 3.56. The third-order valence-corrected chi connectivity index (χ3v) is 11.5. The number of para-hydroxylation sites is 3. The van der Waals surface area contributed by atoms with Crippen molar-refractivity contribution in [1.29, 1.82) is 0 Å². The number of rotatable bonds is 5. The van der Waals surface area contributed by atoms with Gasteiger partial charge in [0.2, 0.25) is 0 Å². The molecule has 0 aromatic heterocycles. The van der Waals surface area contributed by atoms with E-state index < -0.39 is 5.41 Å². The van der Waals surface area contributed by atoms with Crippen LogP contribution in [0.5, 0.6) is 11.5 Å². The zero-order chi connectivity index (χ0) is 36.3. The van der Waals surface area contributed by atoms with Gasteiger partial charge in [0, 0.05) is 27.9 Å². The van der Waals surface area contributed by atoms with Crippen molar-refractivity contribution in [3.63, 3.8) is 0 Å². The molecule has 0 amide bonds. The standard InChI is InChI=1S/C53H35NO/c1-3-16-36(17-4-1)37-30-33-40(34-31-37)54(47-26-12-9-21-41(47)38-18-5-2-6-19-38)48-27-15-25-45-52(48)51-42-22-8-7-20-39(42)32-35-46(51)53(45)43-23-10-13-28-49(43)55-50-29-14-11-24-44(50)53/h1-35H. The maximum Gasteiger partial charge on any atom is 0.132 e. The van der Waals surface area contributed by atoms with Gasteiger partial charge in [0.05, 0.1) is 16.8 Å². The number of fused-ring (bicyclic) bond motifs is 11. The van der Waals surface area contributed by atoms with E-state index in [2.05, 4.69) is 217 Å². The summed E-state index contributed by atoms with van der Waals surface area (Å²) in [7, 11) is 0. The van der Waals surface area contributed by atoms with E-state index in [4.69, 9.17) is 4.74 Å². The zero-order valence-corrected chi connectivity index (χ0v) is 30.1. The van der Waals surface area contributed by atoms with E-state index in [1.54, 1.807) is 0 Å². The predicted molar refractivity (Wildman–Crippen MR) is 227 cm³/mol. The lowest BCUT2D eigenvalue weighted by atomic mass is 9.66. The Morgan fingerprint density at radius 2 is 0.891 bits per heavy atom. The summed E-state index contributed by atoms with van der Waals surface area (Å²) in [5.41, 5.74) is 14.8. The van der Waals surface area contributed by atoms with Gasteiger partial charge in [-0.05, 0) is 80.6 Å². The molecule has 0 radical (unpaired) electrons. The number of benzene rings is 9. The third-order valence-electron chi connectivity index (χ3n) is 11.5. The summed E-state index contributed by atoms with van der Waals surface area (Å²) in [5, 5.41) is 2.46. The maximum atomic E-state index is 6.70. The van der Waals surface area contributed by atoms with Gasteiger partial charge in [-0.1, -0.05) is 176 Å². The number of anilines is 3. The van der Waals surface area contributed by atoms with E-state index in [9.17, 15) is 0 Å². The van der Waals surface area contributed by atoms with E-state index in [0.29, 0.717) is 0 Å². The van der Waals surface area contributed by atoms with Crippen LogP contribution in [-0.4, -0.2) is 0 Å². The Morgan fingerprint density at radius 1 is 0.345 bits per heavy atom. The molecule has 2 heteroatoms. The van der Waals surface area contributed by atoms with Gasteiger partial charge in [-0.15, -0.1) is 0 Å². The second-order valence-corrected chi connectivity index (χ2v) is 14.4. The van der Waals surface area contributed by atoms with Crippen LogP contribution in [0.3, 0.4) is 0 Å². The fourth-order valence-corrected chi connectivity index (χ4v) is 9.25. The van der Waals surface area contributed by atoms with Gasteiger partial charge >= 0.3 is 0 Å². The van der Waals surface area contributed by atoms with Crippen molar-refractivity contribution < 1.29 is 4.74 Å². The van der Waals surface area contributed by atoms with E-state index in [-0.39, 0.29) is 0 Å². The molecule has 2 nitrogen and oxygen atoms in total. The molecule has 9 aromatic rings. The van der Waals surface area contributed by atoms with Crippen LogP contribution in [0.4, 0.5) is 17.1 Å². The lowest BCUT2D eigenvalue weighted by Crippen LogP contribution is -2.32. The maximum absolute atomic E-state index is 6.70. The van der Waals surface area contributed by atoms with Crippen molar-refractivity contribution >= 4 is 27.8 Å². The fraction of sp³-hybridized carbons (Fsp3) is 0.0189. The smallest absolute Gasteiger partial charge is 0.132 e. The molecule has 1 spiro atoms. The van der Waals surface area contributed by atoms with Gasteiger partial charge in [0.1, 0.15) is 11.5 Å². The monoisotopic (exact) mass is 701 g/mol. The van der Waals surface area contributed by atoms with E-state index in [0.717, 1.165) is 39.7 Å². The summed E-state index contributed by atoms with van der Waals surface area (Å²) in [6.45, 7) is 0. The minimum atomic E-state index is -0.599. The second-order valence-electron chi connectivity index (χ2n) is 14.4. The predicted octanol–water partition coefficient (Wildman–Crippen LogP) is 14.1. The van der Waals surface area contributed by atoms with Gasteiger partial charge in [-0.25, -0.2) is 0 Å². The summed E-state index contributed by atoms with van der Waals surface area (Å²) in [4.78, 5) is 2.48. The first kappa shape index (κ1) is 31.4. The molecule has 1 aliphatic carbocycles. The first-order valence-electron chi connectivity index (χ1n) is 18.9. The molecule has 1 aliphatic heterocycles. The number of ether oxygens (including phenoxy) is 1. The van der Waals surface area contributed by atoms with Gasteiger partial charge in [-0.2, -0.15) is 0 Å². The minimum Gasteiger partial charge on any atom is -0.457 e. The summed E-state index contributed by atoms with van der Waals surface area (Å²) in [5.74, 6) is 1.78. The van der Waals surface area contributed by atoms with Crippen molar-refractivity contribution in [2.75, 3.05) is 4.90 Å². The van der Waals surface area contributed by atoms with Gasteiger partial charge < -0.3 is 9.64 Å². The molecule has 9 aromatic carbocycles. The Morgan fingerprint density at radius 3 is 1.64 bits per heavy atom. The van der Waals surface area contributed by atoms with E-state index in [1.807, 2.05) is 0 Å². The van der Waals surface area contributed by atoms with Crippen LogP contribution < -0.4 is 9.64 Å². The second kappa shape index (κ2) is 12.5. The Labute approximate surface area is 321 Å². The molecule has 2 aliphatic rings. The van der Waals surface area contributed by atoms with Gasteiger partial charge in [0.15, 0.2) is 0 Å². The first-order chi connectivity index (χ1) is 27.3. The lowest BCUT2D eigenvalue weighted by Gasteiger charge is -2.39. The van der Waals surface area contributed by atoms with E-state index in [1.165, 1.54) is 55.3 Å². The molecule has 0 saturated carbocycles. The van der Waals surface area contributed by atoms with Crippen LogP contribution in [0.25, 0.3) is 44.2 Å². The van der Waals surface area contributed by atoms with Crippen LogP contribution in [0.2, 0.25) is 0 Å². The zero-order valence-electron chi connectivity index (χ0n) is 30.1. The lowest BCUT2D eigenvalue weighted by molar-refractivity contribution is 0.436. The quantitative estimate of drug-likeness (QED) is 0.177. The topological polar surface area (TPSA) is 12.5 Å². The highest BCUT2D eigenvalue weighted by Crippen LogP contribution is 2.65. The SMILES string of the molecule is c1ccc(-c2ccc(N(c3ccccc3-c3ccccc3)c3cccc4c3-c3c(ccc5ccccc35)C43c4ccccc4Oc4ccccc43)cc2)cc1. The molecule has 0 unspecified atom stereocenters. The molecule has 0 N–H and O–H groups in total. The molecule has 11 rings (SSSR count).